The Labute approximate surface area is 123 Å². The topological polar surface area (TPSA) is 3.24 Å². The van der Waals surface area contributed by atoms with E-state index in [1.54, 1.807) is 6.08 Å². The lowest BCUT2D eigenvalue weighted by Crippen LogP contribution is -2.17. The SMILES string of the molecule is CC/C=C\C(F)=C/CCN(C)c1ccc(I)cc1. The molecule has 0 saturated heterocycles. The molecule has 0 aromatic heterocycles. The van der Waals surface area contributed by atoms with Crippen LogP contribution in [0.1, 0.15) is 19.8 Å². The number of hydrogen-bond acceptors (Lipinski definition) is 1. The molecule has 0 heterocycles. The molecule has 0 atom stereocenters. The van der Waals surface area contributed by atoms with Gasteiger partial charge in [0.1, 0.15) is 5.83 Å². The van der Waals surface area contributed by atoms with Crippen LogP contribution in [0.3, 0.4) is 0 Å². The first-order chi connectivity index (χ1) is 8.63. The predicted molar refractivity (Wildman–Crippen MR) is 85.7 cm³/mol. The van der Waals surface area contributed by atoms with Crippen molar-refractivity contribution in [3.8, 4) is 0 Å². The van der Waals surface area contributed by atoms with Crippen LogP contribution in [0, 0.1) is 3.57 Å². The van der Waals surface area contributed by atoms with Gasteiger partial charge in [-0.3, -0.25) is 0 Å². The molecule has 0 fully saturated rings. The van der Waals surface area contributed by atoms with Crippen molar-refractivity contribution in [3.63, 3.8) is 0 Å². The standard InChI is InChI=1S/C15H19FIN/c1-3-4-6-13(16)7-5-12-18(2)15-10-8-14(17)9-11-15/h4,6-11H,3,5,12H2,1-2H3/b6-4-,13-7+. The Balaban J connectivity index is 2.44. The first-order valence-corrected chi connectivity index (χ1v) is 7.20. The Morgan fingerprint density at radius 3 is 2.61 bits per heavy atom. The molecule has 0 aliphatic rings. The Morgan fingerprint density at radius 2 is 2.00 bits per heavy atom. The van der Waals surface area contributed by atoms with Gasteiger partial charge in [0.15, 0.2) is 0 Å². The minimum atomic E-state index is -0.145. The summed E-state index contributed by atoms with van der Waals surface area (Å²) in [5, 5.41) is 0. The summed E-state index contributed by atoms with van der Waals surface area (Å²) < 4.78 is 14.5. The lowest BCUT2D eigenvalue weighted by molar-refractivity contribution is 0.658. The molecule has 18 heavy (non-hydrogen) atoms. The van der Waals surface area contributed by atoms with Gasteiger partial charge in [-0.05, 0) is 71.9 Å². The predicted octanol–water partition coefficient (Wildman–Crippen LogP) is 4.94. The maximum Gasteiger partial charge on any atom is 0.118 e. The summed E-state index contributed by atoms with van der Waals surface area (Å²) in [6.07, 6.45) is 6.57. The van der Waals surface area contributed by atoms with Crippen molar-refractivity contribution in [3.05, 3.63) is 51.9 Å². The third-order valence-electron chi connectivity index (χ3n) is 2.58. The minimum Gasteiger partial charge on any atom is -0.374 e. The van der Waals surface area contributed by atoms with Gasteiger partial charge in [-0.25, -0.2) is 4.39 Å². The van der Waals surface area contributed by atoms with Crippen LogP contribution in [0.25, 0.3) is 0 Å². The zero-order valence-electron chi connectivity index (χ0n) is 10.9. The van der Waals surface area contributed by atoms with Crippen LogP contribution in [0.4, 0.5) is 10.1 Å². The van der Waals surface area contributed by atoms with Gasteiger partial charge in [0.2, 0.25) is 0 Å². The molecule has 0 radical (unpaired) electrons. The average molecular weight is 359 g/mol. The number of nitrogens with zero attached hydrogens (tertiary/aromatic N) is 1. The summed E-state index contributed by atoms with van der Waals surface area (Å²) in [5.41, 5.74) is 1.16. The molecule has 1 aromatic rings. The smallest absolute Gasteiger partial charge is 0.118 e. The van der Waals surface area contributed by atoms with E-state index in [1.807, 2.05) is 20.0 Å². The molecule has 1 aromatic carbocycles. The first-order valence-electron chi connectivity index (χ1n) is 6.12. The monoisotopic (exact) mass is 359 g/mol. The molecule has 0 saturated carbocycles. The Bertz CT molecular complexity index is 409. The zero-order valence-corrected chi connectivity index (χ0v) is 13.0. The molecule has 3 heteroatoms. The Kier molecular flexibility index (Phi) is 7.01. The number of anilines is 1. The second-order valence-corrected chi connectivity index (χ2v) is 5.33. The second kappa shape index (κ2) is 8.29. The molecule has 0 aliphatic carbocycles. The zero-order chi connectivity index (χ0) is 13.4. The van der Waals surface area contributed by atoms with Gasteiger partial charge in [0, 0.05) is 22.8 Å². The number of allylic oxidation sites excluding steroid dienone is 3. The highest BCUT2D eigenvalue weighted by Gasteiger charge is 1.99. The third-order valence-corrected chi connectivity index (χ3v) is 3.30. The van der Waals surface area contributed by atoms with E-state index in [0.29, 0.717) is 6.42 Å². The maximum absolute atomic E-state index is 13.3. The van der Waals surface area contributed by atoms with Crippen LogP contribution < -0.4 is 4.90 Å². The lowest BCUT2D eigenvalue weighted by Gasteiger charge is -2.18. The number of hydrogen-bond donors (Lipinski definition) is 0. The third kappa shape index (κ3) is 5.67. The van der Waals surface area contributed by atoms with E-state index in [0.717, 1.165) is 18.7 Å². The fourth-order valence-electron chi connectivity index (χ4n) is 1.52. The Hall–Kier alpha value is -0.840. The van der Waals surface area contributed by atoms with E-state index in [1.165, 1.54) is 9.65 Å². The molecule has 0 bridgehead atoms. The average Bonchev–Trinajstić information content (AvgIpc) is 2.37. The highest BCUT2D eigenvalue weighted by molar-refractivity contribution is 14.1. The van der Waals surface area contributed by atoms with E-state index in [9.17, 15) is 4.39 Å². The second-order valence-electron chi connectivity index (χ2n) is 4.09. The normalized spacial score (nSPS) is 12.1. The molecule has 1 rings (SSSR count). The van der Waals surface area contributed by atoms with Crippen LogP contribution in [0.15, 0.2) is 48.3 Å². The Morgan fingerprint density at radius 1 is 1.33 bits per heavy atom. The van der Waals surface area contributed by atoms with Gasteiger partial charge in [0.05, 0.1) is 0 Å². The van der Waals surface area contributed by atoms with Gasteiger partial charge >= 0.3 is 0 Å². The van der Waals surface area contributed by atoms with Gasteiger partial charge in [0.25, 0.3) is 0 Å². The quantitative estimate of drug-likeness (QED) is 0.514. The largest absolute Gasteiger partial charge is 0.374 e. The number of rotatable bonds is 6. The summed E-state index contributed by atoms with van der Waals surface area (Å²) in [6.45, 7) is 2.81. The highest BCUT2D eigenvalue weighted by Crippen LogP contribution is 2.15. The maximum atomic E-state index is 13.3. The number of benzene rings is 1. The van der Waals surface area contributed by atoms with Crippen LogP contribution in [0.5, 0.6) is 0 Å². The lowest BCUT2D eigenvalue weighted by atomic mass is 10.2. The molecule has 0 unspecified atom stereocenters. The van der Waals surface area contributed by atoms with E-state index in [2.05, 4.69) is 51.8 Å². The van der Waals surface area contributed by atoms with Gasteiger partial charge in [-0.1, -0.05) is 13.0 Å². The molecule has 0 spiro atoms. The summed E-state index contributed by atoms with van der Waals surface area (Å²) in [7, 11) is 2.02. The highest BCUT2D eigenvalue weighted by atomic mass is 127. The number of halogens is 2. The van der Waals surface area contributed by atoms with E-state index in [-0.39, 0.29) is 5.83 Å². The summed E-state index contributed by atoms with van der Waals surface area (Å²) in [5.74, 6) is -0.145. The summed E-state index contributed by atoms with van der Waals surface area (Å²) in [4.78, 5) is 2.13. The van der Waals surface area contributed by atoms with Crippen LogP contribution in [-0.2, 0) is 0 Å². The summed E-state index contributed by atoms with van der Waals surface area (Å²) >= 11 is 2.28. The van der Waals surface area contributed by atoms with Gasteiger partial charge < -0.3 is 4.90 Å². The fraction of sp³-hybridized carbons (Fsp3) is 0.333. The fourth-order valence-corrected chi connectivity index (χ4v) is 1.88. The van der Waals surface area contributed by atoms with Crippen molar-refractivity contribution in [1.29, 1.82) is 0 Å². The van der Waals surface area contributed by atoms with E-state index < -0.39 is 0 Å². The van der Waals surface area contributed by atoms with Gasteiger partial charge in [-0.15, -0.1) is 0 Å². The van der Waals surface area contributed by atoms with Crippen LogP contribution in [0.2, 0.25) is 0 Å². The van der Waals surface area contributed by atoms with Crippen molar-refractivity contribution < 1.29 is 4.39 Å². The van der Waals surface area contributed by atoms with Gasteiger partial charge in [-0.2, -0.15) is 0 Å². The van der Waals surface area contributed by atoms with Crippen molar-refractivity contribution in [1.82, 2.24) is 0 Å². The molecule has 0 N–H and O–H groups in total. The van der Waals surface area contributed by atoms with E-state index in [4.69, 9.17) is 0 Å². The van der Waals surface area contributed by atoms with E-state index >= 15 is 0 Å². The molecule has 1 nitrogen and oxygen atoms in total. The van der Waals surface area contributed by atoms with Crippen molar-refractivity contribution in [2.24, 2.45) is 0 Å². The first kappa shape index (κ1) is 15.2. The molecule has 98 valence electrons. The van der Waals surface area contributed by atoms with Crippen molar-refractivity contribution in [2.45, 2.75) is 19.8 Å². The summed E-state index contributed by atoms with van der Waals surface area (Å²) in [6, 6.07) is 8.32. The van der Waals surface area contributed by atoms with Crippen molar-refractivity contribution >= 4 is 28.3 Å². The molecular formula is C15H19FIN. The molecule has 0 amide bonds. The van der Waals surface area contributed by atoms with Crippen molar-refractivity contribution in [2.75, 3.05) is 18.5 Å². The van der Waals surface area contributed by atoms with Crippen LogP contribution >= 0.6 is 22.6 Å². The molecular weight excluding hydrogens is 340 g/mol. The molecule has 0 aliphatic heterocycles. The minimum absolute atomic E-state index is 0.145. The van der Waals surface area contributed by atoms with Crippen LogP contribution in [-0.4, -0.2) is 13.6 Å².